The summed E-state index contributed by atoms with van der Waals surface area (Å²) in [6.45, 7) is 5.40. The summed E-state index contributed by atoms with van der Waals surface area (Å²) in [6, 6.07) is 6.49. The Morgan fingerprint density at radius 2 is 1.95 bits per heavy atom. The Balaban J connectivity index is 2.21. The number of carbonyl (C=O) groups excluding carboxylic acids is 2. The van der Waals surface area contributed by atoms with Crippen molar-refractivity contribution in [3.63, 3.8) is 0 Å². The number of hydrogen-bond acceptors (Lipinski definition) is 4. The summed E-state index contributed by atoms with van der Waals surface area (Å²) in [5.41, 5.74) is 1.34. The number of benzene rings is 1. The molecule has 0 aliphatic heterocycles. The zero-order chi connectivity index (χ0) is 16.3. The molecule has 0 bridgehead atoms. The van der Waals surface area contributed by atoms with Crippen LogP contribution in [0.4, 0.5) is 5.69 Å². The lowest BCUT2D eigenvalue weighted by atomic mass is 10.2. The number of anilines is 1. The van der Waals surface area contributed by atoms with E-state index in [4.69, 9.17) is 16.3 Å². The molecule has 22 heavy (non-hydrogen) atoms. The zero-order valence-electron chi connectivity index (χ0n) is 12.5. The second-order valence-corrected chi connectivity index (χ2v) is 6.52. The van der Waals surface area contributed by atoms with Crippen LogP contribution in [0.2, 0.25) is 5.02 Å². The first-order valence-corrected chi connectivity index (χ1v) is 8.00. The second-order valence-electron chi connectivity index (χ2n) is 4.99. The van der Waals surface area contributed by atoms with E-state index < -0.39 is 5.97 Å². The Morgan fingerprint density at radius 1 is 1.23 bits per heavy atom. The van der Waals surface area contributed by atoms with Gasteiger partial charge >= 0.3 is 5.97 Å². The fourth-order valence-corrected chi connectivity index (χ4v) is 2.75. The molecule has 0 radical (unpaired) electrons. The Morgan fingerprint density at radius 3 is 2.55 bits per heavy atom. The number of amides is 1. The first-order valence-electron chi connectivity index (χ1n) is 6.74. The van der Waals surface area contributed by atoms with Crippen molar-refractivity contribution in [1.29, 1.82) is 0 Å². The molecular weight excluding hydrogens is 322 g/mol. The van der Waals surface area contributed by atoms with Gasteiger partial charge in [-0.25, -0.2) is 4.79 Å². The molecule has 1 aromatic heterocycles. The molecule has 2 aromatic rings. The summed E-state index contributed by atoms with van der Waals surface area (Å²) in [6.07, 6.45) is -0.240. The summed E-state index contributed by atoms with van der Waals surface area (Å²) >= 11 is 7.53. The van der Waals surface area contributed by atoms with Crippen LogP contribution in [-0.2, 0) is 4.74 Å². The van der Waals surface area contributed by atoms with Crippen LogP contribution in [0, 0.1) is 6.92 Å². The van der Waals surface area contributed by atoms with Gasteiger partial charge in [0.15, 0.2) is 0 Å². The van der Waals surface area contributed by atoms with Crippen LogP contribution < -0.4 is 5.32 Å². The van der Waals surface area contributed by atoms with Gasteiger partial charge in [-0.2, -0.15) is 0 Å². The minimum atomic E-state index is -0.511. The molecule has 0 atom stereocenters. The smallest absolute Gasteiger partial charge is 0.339 e. The lowest BCUT2D eigenvalue weighted by Crippen LogP contribution is -2.14. The van der Waals surface area contributed by atoms with Crippen molar-refractivity contribution in [2.45, 2.75) is 26.9 Å². The first kappa shape index (κ1) is 16.5. The highest BCUT2D eigenvalue weighted by Gasteiger charge is 2.16. The number of hydrogen-bond donors (Lipinski definition) is 1. The Hall–Kier alpha value is -1.85. The van der Waals surface area contributed by atoms with Crippen LogP contribution in [0.25, 0.3) is 0 Å². The highest BCUT2D eigenvalue weighted by atomic mass is 35.5. The standard InChI is InChI=1S/C16H16ClNO3S/c1-9(2)21-16(20)13-8-11(4-5-14(13)17)18-15(19)12-6-7-22-10(12)3/h4-9H,1-3H3,(H,18,19). The fraction of sp³-hybridized carbons (Fsp3) is 0.250. The monoisotopic (exact) mass is 337 g/mol. The highest BCUT2D eigenvalue weighted by Crippen LogP contribution is 2.23. The van der Waals surface area contributed by atoms with Crippen molar-refractivity contribution >= 4 is 40.5 Å². The number of rotatable bonds is 4. The van der Waals surface area contributed by atoms with Crippen molar-refractivity contribution in [3.8, 4) is 0 Å². The Kier molecular flexibility index (Phi) is 5.21. The lowest BCUT2D eigenvalue weighted by molar-refractivity contribution is 0.0378. The molecule has 0 spiro atoms. The van der Waals surface area contributed by atoms with Gasteiger partial charge in [0.25, 0.3) is 5.91 Å². The molecule has 0 saturated carbocycles. The molecule has 2 rings (SSSR count). The quantitative estimate of drug-likeness (QED) is 0.834. The van der Waals surface area contributed by atoms with Crippen molar-refractivity contribution in [1.82, 2.24) is 0 Å². The average Bonchev–Trinajstić information content (AvgIpc) is 2.86. The number of carbonyl (C=O) groups is 2. The topological polar surface area (TPSA) is 55.4 Å². The molecule has 0 fully saturated rings. The van der Waals surface area contributed by atoms with Gasteiger partial charge in [0.1, 0.15) is 0 Å². The largest absolute Gasteiger partial charge is 0.459 e. The van der Waals surface area contributed by atoms with E-state index in [1.165, 1.54) is 17.4 Å². The first-order chi connectivity index (χ1) is 10.4. The molecule has 1 N–H and O–H groups in total. The molecule has 0 saturated heterocycles. The van der Waals surface area contributed by atoms with E-state index in [0.29, 0.717) is 11.3 Å². The summed E-state index contributed by atoms with van der Waals surface area (Å²) < 4.78 is 5.13. The van der Waals surface area contributed by atoms with Gasteiger partial charge in [-0.05, 0) is 50.4 Å². The molecule has 0 unspecified atom stereocenters. The van der Waals surface area contributed by atoms with E-state index >= 15 is 0 Å². The van der Waals surface area contributed by atoms with Crippen LogP contribution in [0.5, 0.6) is 0 Å². The predicted octanol–water partition coefficient (Wildman–Crippen LogP) is 4.53. The normalized spacial score (nSPS) is 10.6. The van der Waals surface area contributed by atoms with E-state index in [9.17, 15) is 9.59 Å². The van der Waals surface area contributed by atoms with Gasteiger partial charge in [0.05, 0.1) is 22.3 Å². The van der Waals surface area contributed by atoms with Crippen LogP contribution >= 0.6 is 22.9 Å². The SMILES string of the molecule is Cc1sccc1C(=O)Nc1ccc(Cl)c(C(=O)OC(C)C)c1. The van der Waals surface area contributed by atoms with E-state index in [1.54, 1.807) is 32.0 Å². The summed E-state index contributed by atoms with van der Waals surface area (Å²) in [4.78, 5) is 25.1. The summed E-state index contributed by atoms with van der Waals surface area (Å²) in [5, 5.41) is 4.91. The van der Waals surface area contributed by atoms with Crippen LogP contribution in [-0.4, -0.2) is 18.0 Å². The number of nitrogens with one attached hydrogen (secondary N) is 1. The van der Waals surface area contributed by atoms with Crippen LogP contribution in [0.1, 0.15) is 39.4 Å². The lowest BCUT2D eigenvalue weighted by Gasteiger charge is -2.11. The molecule has 6 heteroatoms. The third-order valence-corrected chi connectivity index (χ3v) is 4.07. The Labute approximate surface area is 138 Å². The van der Waals surface area contributed by atoms with Gasteiger partial charge < -0.3 is 10.1 Å². The van der Waals surface area contributed by atoms with Gasteiger partial charge in [-0.3, -0.25) is 4.79 Å². The molecule has 1 heterocycles. The maximum absolute atomic E-state index is 12.2. The third kappa shape index (κ3) is 3.87. The fourth-order valence-electron chi connectivity index (χ4n) is 1.86. The van der Waals surface area contributed by atoms with Gasteiger partial charge in [0, 0.05) is 10.6 Å². The minimum Gasteiger partial charge on any atom is -0.459 e. The number of thiophene rings is 1. The Bertz CT molecular complexity index is 709. The highest BCUT2D eigenvalue weighted by molar-refractivity contribution is 7.10. The third-order valence-electron chi connectivity index (χ3n) is 2.89. The minimum absolute atomic E-state index is 0.218. The molecule has 1 aromatic carbocycles. The van der Waals surface area contributed by atoms with Crippen molar-refractivity contribution in [3.05, 3.63) is 50.7 Å². The van der Waals surface area contributed by atoms with Gasteiger partial charge in [-0.1, -0.05) is 11.6 Å². The van der Waals surface area contributed by atoms with Gasteiger partial charge in [0.2, 0.25) is 0 Å². The molecule has 116 valence electrons. The summed E-state index contributed by atoms with van der Waals surface area (Å²) in [5.74, 6) is -0.730. The van der Waals surface area contributed by atoms with E-state index in [2.05, 4.69) is 5.32 Å². The van der Waals surface area contributed by atoms with Gasteiger partial charge in [-0.15, -0.1) is 11.3 Å². The van der Waals surface area contributed by atoms with Crippen molar-refractivity contribution in [2.24, 2.45) is 0 Å². The molecular formula is C16H16ClNO3S. The molecule has 0 aliphatic carbocycles. The van der Waals surface area contributed by atoms with E-state index in [1.807, 2.05) is 12.3 Å². The number of aryl methyl sites for hydroxylation is 1. The van der Waals surface area contributed by atoms with Crippen LogP contribution in [0.15, 0.2) is 29.6 Å². The summed E-state index contributed by atoms with van der Waals surface area (Å²) in [7, 11) is 0. The maximum Gasteiger partial charge on any atom is 0.339 e. The number of ether oxygens (including phenoxy) is 1. The van der Waals surface area contributed by atoms with E-state index in [0.717, 1.165) is 4.88 Å². The average molecular weight is 338 g/mol. The number of halogens is 1. The van der Waals surface area contributed by atoms with E-state index in [-0.39, 0.29) is 22.6 Å². The second kappa shape index (κ2) is 6.94. The molecule has 4 nitrogen and oxygen atoms in total. The van der Waals surface area contributed by atoms with Crippen molar-refractivity contribution in [2.75, 3.05) is 5.32 Å². The molecule has 0 aliphatic rings. The van der Waals surface area contributed by atoms with Crippen molar-refractivity contribution < 1.29 is 14.3 Å². The maximum atomic E-state index is 12.2. The molecule has 1 amide bonds. The number of esters is 1. The van der Waals surface area contributed by atoms with Crippen LogP contribution in [0.3, 0.4) is 0 Å². The zero-order valence-corrected chi connectivity index (χ0v) is 14.0. The predicted molar refractivity (Wildman–Crippen MR) is 89.0 cm³/mol.